The smallest absolute Gasteiger partial charge is 0.0326 e. The minimum Gasteiger partial charge on any atom is -0.293 e. The lowest BCUT2D eigenvalue weighted by molar-refractivity contribution is 0.242. The Labute approximate surface area is 74.0 Å². The number of rotatable bonds is 1. The van der Waals surface area contributed by atoms with Crippen molar-refractivity contribution in [2.75, 3.05) is 6.54 Å². The molecule has 0 spiro atoms. The van der Waals surface area contributed by atoms with Crippen molar-refractivity contribution in [2.45, 2.75) is 26.4 Å². The van der Waals surface area contributed by atoms with E-state index in [1.165, 1.54) is 11.1 Å². The van der Waals surface area contributed by atoms with Crippen LogP contribution in [0.15, 0.2) is 24.3 Å². The van der Waals surface area contributed by atoms with Crippen molar-refractivity contribution >= 4 is 0 Å². The van der Waals surface area contributed by atoms with Crippen LogP contribution in [-0.2, 0) is 6.54 Å². The predicted octanol–water partition coefficient (Wildman–Crippen LogP) is 2.58. The number of benzene rings is 1. The fourth-order valence-corrected chi connectivity index (χ4v) is 2.02. The average molecular weight is 161 g/mol. The summed E-state index contributed by atoms with van der Waals surface area (Å²) in [5.41, 5.74) is 3.02. The van der Waals surface area contributed by atoms with Crippen LogP contribution in [0.5, 0.6) is 0 Å². The maximum absolute atomic E-state index is 2.49. The lowest BCUT2D eigenvalue weighted by Gasteiger charge is -2.18. The Hall–Kier alpha value is -0.820. The van der Waals surface area contributed by atoms with Crippen LogP contribution in [0, 0.1) is 0 Å². The molecular formula is C11H15N. The standard InChI is InChI=1S/C11H15N/c1-3-12-8-10-6-4-5-7-11(10)9(12)2/h4-7,9H,3,8H2,1-2H3/t9-/m1/s1. The molecule has 1 aliphatic heterocycles. The third-order valence-electron chi connectivity index (χ3n) is 2.83. The van der Waals surface area contributed by atoms with Gasteiger partial charge in [0, 0.05) is 12.6 Å². The molecule has 2 rings (SSSR count). The highest BCUT2D eigenvalue weighted by atomic mass is 15.2. The molecule has 0 bridgehead atoms. The monoisotopic (exact) mass is 161 g/mol. The van der Waals surface area contributed by atoms with Gasteiger partial charge >= 0.3 is 0 Å². The Bertz CT molecular complexity index is 280. The first kappa shape index (κ1) is 7.81. The van der Waals surface area contributed by atoms with Gasteiger partial charge in [-0.15, -0.1) is 0 Å². The lowest BCUT2D eigenvalue weighted by Crippen LogP contribution is -2.18. The second kappa shape index (κ2) is 2.91. The number of fused-ring (bicyclic) bond motifs is 1. The summed E-state index contributed by atoms with van der Waals surface area (Å²) < 4.78 is 0. The Kier molecular flexibility index (Phi) is 1.89. The van der Waals surface area contributed by atoms with Crippen molar-refractivity contribution in [2.24, 2.45) is 0 Å². The minimum atomic E-state index is 0.617. The molecule has 0 aromatic heterocycles. The van der Waals surface area contributed by atoms with Gasteiger partial charge in [0.1, 0.15) is 0 Å². The zero-order valence-corrected chi connectivity index (χ0v) is 7.75. The second-order valence-electron chi connectivity index (χ2n) is 3.44. The van der Waals surface area contributed by atoms with Gasteiger partial charge in [-0.3, -0.25) is 4.90 Å². The van der Waals surface area contributed by atoms with E-state index in [9.17, 15) is 0 Å². The van der Waals surface area contributed by atoms with Gasteiger partial charge in [0.15, 0.2) is 0 Å². The molecule has 0 N–H and O–H groups in total. The van der Waals surface area contributed by atoms with Gasteiger partial charge in [0.25, 0.3) is 0 Å². The molecule has 1 nitrogen and oxygen atoms in total. The number of hydrogen-bond acceptors (Lipinski definition) is 1. The summed E-state index contributed by atoms with van der Waals surface area (Å²) in [6.07, 6.45) is 0. The van der Waals surface area contributed by atoms with E-state index >= 15 is 0 Å². The van der Waals surface area contributed by atoms with Crippen molar-refractivity contribution in [1.29, 1.82) is 0 Å². The minimum absolute atomic E-state index is 0.617. The highest BCUT2D eigenvalue weighted by Gasteiger charge is 2.23. The van der Waals surface area contributed by atoms with E-state index in [0.29, 0.717) is 6.04 Å². The molecule has 0 aliphatic carbocycles. The lowest BCUT2D eigenvalue weighted by atomic mass is 10.1. The Morgan fingerprint density at radius 3 is 2.83 bits per heavy atom. The maximum atomic E-state index is 2.49. The second-order valence-corrected chi connectivity index (χ2v) is 3.44. The van der Waals surface area contributed by atoms with Gasteiger partial charge < -0.3 is 0 Å². The van der Waals surface area contributed by atoms with Crippen LogP contribution in [0.4, 0.5) is 0 Å². The van der Waals surface area contributed by atoms with Crippen LogP contribution in [0.1, 0.15) is 31.0 Å². The zero-order chi connectivity index (χ0) is 8.55. The summed E-state index contributed by atoms with van der Waals surface area (Å²) >= 11 is 0. The molecule has 1 aliphatic rings. The predicted molar refractivity (Wildman–Crippen MR) is 50.9 cm³/mol. The molecular weight excluding hydrogens is 146 g/mol. The molecule has 0 unspecified atom stereocenters. The summed E-state index contributed by atoms with van der Waals surface area (Å²) in [6, 6.07) is 9.36. The largest absolute Gasteiger partial charge is 0.293 e. The molecule has 1 aromatic carbocycles. The Balaban J connectivity index is 2.35. The van der Waals surface area contributed by atoms with Crippen molar-refractivity contribution in [1.82, 2.24) is 4.90 Å². The average Bonchev–Trinajstić information content (AvgIpc) is 2.44. The van der Waals surface area contributed by atoms with E-state index in [-0.39, 0.29) is 0 Å². The highest BCUT2D eigenvalue weighted by molar-refractivity contribution is 5.33. The van der Waals surface area contributed by atoms with Gasteiger partial charge in [0.05, 0.1) is 0 Å². The third-order valence-corrected chi connectivity index (χ3v) is 2.83. The van der Waals surface area contributed by atoms with Gasteiger partial charge in [-0.05, 0) is 24.6 Å². The van der Waals surface area contributed by atoms with Crippen molar-refractivity contribution in [3.63, 3.8) is 0 Å². The first-order chi connectivity index (χ1) is 5.83. The van der Waals surface area contributed by atoms with Crippen LogP contribution < -0.4 is 0 Å². The normalized spacial score (nSPS) is 22.7. The van der Waals surface area contributed by atoms with Crippen molar-refractivity contribution in [3.8, 4) is 0 Å². The first-order valence-electron chi connectivity index (χ1n) is 4.64. The van der Waals surface area contributed by atoms with Gasteiger partial charge in [-0.25, -0.2) is 0 Å². The van der Waals surface area contributed by atoms with E-state index in [1.54, 1.807) is 0 Å². The fourth-order valence-electron chi connectivity index (χ4n) is 2.02. The van der Waals surface area contributed by atoms with Gasteiger partial charge in [0.2, 0.25) is 0 Å². The van der Waals surface area contributed by atoms with Gasteiger partial charge in [-0.1, -0.05) is 31.2 Å². The van der Waals surface area contributed by atoms with Crippen molar-refractivity contribution < 1.29 is 0 Å². The summed E-state index contributed by atoms with van der Waals surface area (Å²) in [4.78, 5) is 2.49. The summed E-state index contributed by atoms with van der Waals surface area (Å²) in [5.74, 6) is 0. The molecule has 1 heterocycles. The molecule has 64 valence electrons. The SMILES string of the molecule is CCN1Cc2ccccc2[C@H]1C. The molecule has 0 saturated carbocycles. The Morgan fingerprint density at radius 2 is 2.17 bits per heavy atom. The molecule has 1 atom stereocenters. The maximum Gasteiger partial charge on any atom is 0.0326 e. The highest BCUT2D eigenvalue weighted by Crippen LogP contribution is 2.32. The number of hydrogen-bond donors (Lipinski definition) is 0. The molecule has 0 fully saturated rings. The molecule has 12 heavy (non-hydrogen) atoms. The molecule has 1 heteroatoms. The van der Waals surface area contributed by atoms with Crippen LogP contribution in [-0.4, -0.2) is 11.4 Å². The zero-order valence-electron chi connectivity index (χ0n) is 7.75. The van der Waals surface area contributed by atoms with Crippen molar-refractivity contribution in [3.05, 3.63) is 35.4 Å². The molecule has 1 aromatic rings. The quantitative estimate of drug-likeness (QED) is 0.612. The van der Waals surface area contributed by atoms with Gasteiger partial charge in [-0.2, -0.15) is 0 Å². The summed E-state index contributed by atoms with van der Waals surface area (Å²) in [7, 11) is 0. The van der Waals surface area contributed by atoms with E-state index in [1.807, 2.05) is 0 Å². The van der Waals surface area contributed by atoms with Crippen LogP contribution >= 0.6 is 0 Å². The van der Waals surface area contributed by atoms with E-state index in [2.05, 4.69) is 43.0 Å². The van der Waals surface area contributed by atoms with E-state index < -0.39 is 0 Å². The van der Waals surface area contributed by atoms with E-state index in [0.717, 1.165) is 13.1 Å². The Morgan fingerprint density at radius 1 is 1.42 bits per heavy atom. The molecule has 0 radical (unpaired) electrons. The third kappa shape index (κ3) is 1.05. The van der Waals surface area contributed by atoms with Crippen LogP contribution in [0.25, 0.3) is 0 Å². The summed E-state index contributed by atoms with van der Waals surface area (Å²) in [6.45, 7) is 6.79. The topological polar surface area (TPSA) is 3.24 Å². The molecule has 0 amide bonds. The van der Waals surface area contributed by atoms with Crippen LogP contribution in [0.2, 0.25) is 0 Å². The van der Waals surface area contributed by atoms with Crippen LogP contribution in [0.3, 0.4) is 0 Å². The number of nitrogens with zero attached hydrogens (tertiary/aromatic N) is 1. The van der Waals surface area contributed by atoms with E-state index in [4.69, 9.17) is 0 Å². The summed E-state index contributed by atoms with van der Waals surface area (Å²) in [5, 5.41) is 0. The first-order valence-corrected chi connectivity index (χ1v) is 4.64. The molecule has 0 saturated heterocycles. The fraction of sp³-hybridized carbons (Fsp3) is 0.455.